The highest BCUT2D eigenvalue weighted by Crippen LogP contribution is 2.30. The van der Waals surface area contributed by atoms with Gasteiger partial charge in [0.15, 0.2) is 0 Å². The van der Waals surface area contributed by atoms with Gasteiger partial charge in [-0.3, -0.25) is 24.1 Å². The van der Waals surface area contributed by atoms with Crippen molar-refractivity contribution < 1.29 is 38.2 Å². The molecule has 2 rings (SSSR count). The van der Waals surface area contributed by atoms with Crippen molar-refractivity contribution in [2.24, 2.45) is 22.9 Å². The number of nitrogens with one attached hydrogen (secondary N) is 2. The smallest absolute Gasteiger partial charge is 0.328 e. The lowest BCUT2D eigenvalue weighted by Gasteiger charge is -2.41. The number of carbonyl (C=O) groups excluding carboxylic acids is 5. The third-order valence-electron chi connectivity index (χ3n) is 11.1. The van der Waals surface area contributed by atoms with Gasteiger partial charge in [0.05, 0.1) is 55.8 Å². The standard InChI is InChI=1S/C40H66N8O8/c1-13-25(4)35(47(9)39(52)33(27(6)44-45-41)43-38(51)34(24(2)3)46(7)8)31(54-10)23-32(49)48-21-17-20-30(48)36(55-11)26(5)37(50)42-29(40(53)56-12)22-28-18-15-14-16-19-28/h14-16,18-19,24-27,29-31,33-36H,13,17,20-23H2,1-12H3,(H,42,50)(H,43,51)/t25-,26+,27-,29-,30-,31+,33-,34-,35-,36+/m0/s1. The molecule has 1 aliphatic heterocycles. The minimum absolute atomic E-state index is 0.0640. The predicted molar refractivity (Wildman–Crippen MR) is 213 cm³/mol. The number of rotatable bonds is 22. The third kappa shape index (κ3) is 12.6. The summed E-state index contributed by atoms with van der Waals surface area (Å²) in [7, 11) is 9.46. The summed E-state index contributed by atoms with van der Waals surface area (Å²) in [4.78, 5) is 76.3. The van der Waals surface area contributed by atoms with Gasteiger partial charge in [0.1, 0.15) is 12.1 Å². The van der Waals surface area contributed by atoms with E-state index in [1.165, 1.54) is 26.2 Å². The van der Waals surface area contributed by atoms with Crippen LogP contribution in [0.15, 0.2) is 35.4 Å². The van der Waals surface area contributed by atoms with Crippen molar-refractivity contribution in [3.8, 4) is 0 Å². The summed E-state index contributed by atoms with van der Waals surface area (Å²) >= 11 is 0. The maximum absolute atomic E-state index is 14.3. The van der Waals surface area contributed by atoms with Crippen LogP contribution in [0.3, 0.4) is 0 Å². The van der Waals surface area contributed by atoms with Crippen LogP contribution in [0.1, 0.15) is 72.8 Å². The van der Waals surface area contributed by atoms with Crippen molar-refractivity contribution in [1.29, 1.82) is 0 Å². The number of likely N-dealkylation sites (N-methyl/N-ethyl adjacent to an activating group) is 2. The van der Waals surface area contributed by atoms with E-state index in [0.29, 0.717) is 25.8 Å². The van der Waals surface area contributed by atoms with Gasteiger partial charge < -0.3 is 34.6 Å². The van der Waals surface area contributed by atoms with Gasteiger partial charge in [-0.2, -0.15) is 0 Å². The Balaban J connectivity index is 2.34. The minimum atomic E-state index is -1.17. The molecule has 56 heavy (non-hydrogen) atoms. The molecule has 1 aromatic carbocycles. The number of hydrogen-bond donors (Lipinski definition) is 2. The number of hydrogen-bond acceptors (Lipinski definition) is 10. The molecular formula is C40H66N8O8. The summed E-state index contributed by atoms with van der Waals surface area (Å²) in [5, 5.41) is 9.47. The summed E-state index contributed by atoms with van der Waals surface area (Å²) in [6.07, 6.45) is 0.682. The van der Waals surface area contributed by atoms with Gasteiger partial charge in [0.2, 0.25) is 23.6 Å². The topological polar surface area (TPSA) is 196 Å². The first-order valence-corrected chi connectivity index (χ1v) is 19.5. The molecule has 0 bridgehead atoms. The van der Waals surface area contributed by atoms with Gasteiger partial charge in [0, 0.05) is 39.1 Å². The number of nitrogens with zero attached hydrogens (tertiary/aromatic N) is 6. The first-order chi connectivity index (χ1) is 26.5. The van der Waals surface area contributed by atoms with Crippen LogP contribution in [-0.2, 0) is 44.6 Å². The summed E-state index contributed by atoms with van der Waals surface area (Å²) in [5.41, 5.74) is 10.1. The lowest BCUT2D eigenvalue weighted by Crippen LogP contribution is -2.60. The van der Waals surface area contributed by atoms with E-state index < -0.39 is 72.2 Å². The van der Waals surface area contributed by atoms with Crippen LogP contribution < -0.4 is 10.6 Å². The molecule has 0 aliphatic carbocycles. The number of esters is 1. The lowest BCUT2D eigenvalue weighted by molar-refractivity contribution is -0.148. The summed E-state index contributed by atoms with van der Waals surface area (Å²) in [6, 6.07) is 4.74. The fraction of sp³-hybridized carbons (Fsp3) is 0.725. The van der Waals surface area contributed by atoms with E-state index >= 15 is 0 Å². The zero-order chi connectivity index (χ0) is 42.3. The van der Waals surface area contributed by atoms with Crippen LogP contribution in [0.2, 0.25) is 0 Å². The molecule has 1 fully saturated rings. The van der Waals surface area contributed by atoms with Gasteiger partial charge in [-0.05, 0) is 49.9 Å². The second-order valence-corrected chi connectivity index (χ2v) is 15.4. The van der Waals surface area contributed by atoms with E-state index in [1.54, 1.807) is 44.8 Å². The molecule has 16 heteroatoms. The SMILES string of the molecule is CC[C@H](C)[C@@H]([C@@H](CC(=O)N1CCC[C@H]1[C@H](OC)[C@@H](C)C(=O)N[C@@H](Cc1ccccc1)C(=O)OC)OC)N(C)C(=O)[C@@H](NC(=O)[C@H](C(C)C)N(C)C)[C@H](C)N=[N+]=[N-]. The highest BCUT2D eigenvalue weighted by atomic mass is 16.5. The average molecular weight is 787 g/mol. The van der Waals surface area contributed by atoms with Gasteiger partial charge in [-0.1, -0.05) is 83.4 Å². The second-order valence-electron chi connectivity index (χ2n) is 15.4. The normalized spacial score (nSPS) is 19.0. The first kappa shape index (κ1) is 47.9. The fourth-order valence-corrected chi connectivity index (χ4v) is 7.92. The molecule has 1 aromatic rings. The number of carbonyl (C=O) groups is 5. The molecule has 4 amide bonds. The Labute approximate surface area is 332 Å². The Morgan fingerprint density at radius 3 is 2.12 bits per heavy atom. The quantitative estimate of drug-likeness (QED) is 0.0765. The van der Waals surface area contributed by atoms with E-state index in [1.807, 2.05) is 58.0 Å². The van der Waals surface area contributed by atoms with Crippen molar-refractivity contribution >= 4 is 29.6 Å². The molecule has 16 nitrogen and oxygen atoms in total. The maximum atomic E-state index is 14.3. The van der Waals surface area contributed by atoms with Crippen molar-refractivity contribution in [3.63, 3.8) is 0 Å². The number of methoxy groups -OCH3 is 3. The molecule has 0 radical (unpaired) electrons. The predicted octanol–water partition coefficient (Wildman–Crippen LogP) is 3.58. The van der Waals surface area contributed by atoms with Crippen LogP contribution in [0, 0.1) is 17.8 Å². The van der Waals surface area contributed by atoms with Crippen molar-refractivity contribution in [2.75, 3.05) is 49.0 Å². The molecule has 1 aliphatic rings. The third-order valence-corrected chi connectivity index (χ3v) is 11.1. The van der Waals surface area contributed by atoms with Gasteiger partial charge in [-0.25, -0.2) is 4.79 Å². The van der Waals surface area contributed by atoms with Crippen LogP contribution in [-0.4, -0.2) is 142 Å². The molecule has 10 atom stereocenters. The van der Waals surface area contributed by atoms with Gasteiger partial charge in [0.25, 0.3) is 0 Å². The van der Waals surface area contributed by atoms with Gasteiger partial charge >= 0.3 is 5.97 Å². The summed E-state index contributed by atoms with van der Waals surface area (Å²) in [6.45, 7) is 11.5. The molecule has 314 valence electrons. The Morgan fingerprint density at radius 1 is 0.964 bits per heavy atom. The summed E-state index contributed by atoms with van der Waals surface area (Å²) in [5.74, 6) is -2.98. The molecule has 0 spiro atoms. The van der Waals surface area contributed by atoms with Crippen molar-refractivity contribution in [1.82, 2.24) is 25.3 Å². The average Bonchev–Trinajstić information content (AvgIpc) is 3.65. The molecule has 0 aromatic heterocycles. The zero-order valence-corrected chi connectivity index (χ0v) is 35.4. The minimum Gasteiger partial charge on any atom is -0.467 e. The van der Waals surface area contributed by atoms with Crippen molar-refractivity contribution in [2.45, 2.75) is 122 Å². The summed E-state index contributed by atoms with van der Waals surface area (Å²) < 4.78 is 16.9. The van der Waals surface area contributed by atoms with Crippen LogP contribution in [0.4, 0.5) is 0 Å². The van der Waals surface area contributed by atoms with E-state index in [-0.39, 0.29) is 36.5 Å². The van der Waals surface area contributed by atoms with E-state index in [9.17, 15) is 29.5 Å². The number of amides is 4. The van der Waals surface area contributed by atoms with E-state index in [2.05, 4.69) is 20.7 Å². The highest BCUT2D eigenvalue weighted by Gasteiger charge is 2.43. The molecule has 2 N–H and O–H groups in total. The Bertz CT molecular complexity index is 1480. The Hall–Kier alpha value is -4.24. The number of azide groups is 1. The molecular weight excluding hydrogens is 720 g/mol. The van der Waals surface area contributed by atoms with Crippen LogP contribution >= 0.6 is 0 Å². The second kappa shape index (κ2) is 23.1. The number of benzene rings is 1. The van der Waals surface area contributed by atoms with E-state index in [0.717, 1.165) is 5.56 Å². The maximum Gasteiger partial charge on any atom is 0.328 e. The van der Waals surface area contributed by atoms with E-state index in [4.69, 9.17) is 14.2 Å². The molecule has 0 saturated carbocycles. The van der Waals surface area contributed by atoms with Crippen molar-refractivity contribution in [3.05, 3.63) is 46.3 Å². The van der Waals surface area contributed by atoms with Gasteiger partial charge in [-0.15, -0.1) is 0 Å². The van der Waals surface area contributed by atoms with Crippen LogP contribution in [0.5, 0.6) is 0 Å². The lowest BCUT2D eigenvalue weighted by atomic mass is 9.89. The molecule has 1 saturated heterocycles. The number of likely N-dealkylation sites (tertiary alicyclic amines) is 1. The number of ether oxygens (including phenoxy) is 3. The fourth-order valence-electron chi connectivity index (χ4n) is 7.92. The first-order valence-electron chi connectivity index (χ1n) is 19.5. The molecule has 0 unspecified atom stereocenters. The monoisotopic (exact) mass is 787 g/mol. The Morgan fingerprint density at radius 2 is 1.61 bits per heavy atom. The largest absolute Gasteiger partial charge is 0.467 e. The Kier molecular flexibility index (Phi) is 19.8. The highest BCUT2D eigenvalue weighted by molar-refractivity contribution is 5.91. The van der Waals surface area contributed by atoms with Crippen LogP contribution in [0.25, 0.3) is 10.4 Å². The molecule has 1 heterocycles. The zero-order valence-electron chi connectivity index (χ0n) is 35.4.